The van der Waals surface area contributed by atoms with Gasteiger partial charge >= 0.3 is 6.43 Å². The minimum Gasteiger partial charge on any atom is -0.347 e. The van der Waals surface area contributed by atoms with Gasteiger partial charge in [-0.05, 0) is 18.6 Å². The number of H-pyrrole nitrogens is 1. The maximum atomic E-state index is 12.0. The molecule has 0 unspecified atom stereocenters. The topological polar surface area (TPSA) is 70.7 Å². The summed E-state index contributed by atoms with van der Waals surface area (Å²) in [6.07, 6.45) is -3.00. The Morgan fingerprint density at radius 1 is 1.47 bits per heavy atom. The average molecular weight is 266 g/mol. The van der Waals surface area contributed by atoms with E-state index >= 15 is 0 Å². The van der Waals surface area contributed by atoms with E-state index in [1.54, 1.807) is 31.2 Å². The van der Waals surface area contributed by atoms with E-state index in [1.807, 2.05) is 0 Å². The molecule has 0 radical (unpaired) electrons. The fraction of sp³-hybridized carbons (Fsp3) is 0.250. The lowest BCUT2D eigenvalue weighted by Crippen LogP contribution is -2.28. The van der Waals surface area contributed by atoms with Gasteiger partial charge in [-0.2, -0.15) is 13.9 Å². The number of amides is 1. The fourth-order valence-electron chi connectivity index (χ4n) is 1.56. The molecule has 0 aliphatic rings. The van der Waals surface area contributed by atoms with Crippen LogP contribution in [0.4, 0.5) is 8.78 Å². The first kappa shape index (κ1) is 13.1. The zero-order valence-corrected chi connectivity index (χ0v) is 10.2. The van der Waals surface area contributed by atoms with Gasteiger partial charge < -0.3 is 5.32 Å². The number of halogens is 2. The highest BCUT2D eigenvalue weighted by atomic mass is 19.3. The third-order valence-corrected chi connectivity index (χ3v) is 2.45. The van der Waals surface area contributed by atoms with Crippen molar-refractivity contribution < 1.29 is 13.6 Å². The van der Waals surface area contributed by atoms with Crippen molar-refractivity contribution in [2.24, 2.45) is 0 Å². The van der Waals surface area contributed by atoms with E-state index in [0.717, 1.165) is 5.56 Å². The van der Waals surface area contributed by atoms with E-state index in [-0.39, 0.29) is 6.54 Å². The monoisotopic (exact) mass is 266 g/mol. The highest BCUT2D eigenvalue weighted by Crippen LogP contribution is 2.16. The lowest BCUT2D eigenvalue weighted by Gasteiger charge is -2.05. The molecule has 19 heavy (non-hydrogen) atoms. The molecule has 1 heterocycles. The van der Waals surface area contributed by atoms with Gasteiger partial charge in [-0.25, -0.2) is 4.98 Å². The van der Waals surface area contributed by atoms with Gasteiger partial charge in [-0.1, -0.05) is 18.2 Å². The van der Waals surface area contributed by atoms with Crippen LogP contribution in [0.5, 0.6) is 0 Å². The Labute approximate surface area is 108 Å². The number of nitrogens with one attached hydrogen (secondary N) is 2. The second kappa shape index (κ2) is 5.55. The number of aromatic nitrogens is 3. The number of aryl methyl sites for hydroxylation is 1. The Kier molecular flexibility index (Phi) is 3.84. The van der Waals surface area contributed by atoms with Crippen LogP contribution in [0, 0.1) is 6.92 Å². The van der Waals surface area contributed by atoms with E-state index in [4.69, 9.17) is 0 Å². The van der Waals surface area contributed by atoms with E-state index < -0.39 is 12.3 Å². The van der Waals surface area contributed by atoms with Crippen LogP contribution in [0.15, 0.2) is 24.3 Å². The van der Waals surface area contributed by atoms with Crippen molar-refractivity contribution >= 4 is 5.91 Å². The van der Waals surface area contributed by atoms with Crippen LogP contribution in [-0.4, -0.2) is 27.5 Å². The Balaban J connectivity index is 2.09. The fourth-order valence-corrected chi connectivity index (χ4v) is 1.56. The molecule has 0 bridgehead atoms. The second-order valence-corrected chi connectivity index (χ2v) is 3.96. The molecule has 0 spiro atoms. The SMILES string of the molecule is Cc1nc(-c2cccc(CNC(=O)C(F)F)c2)n[nH]1. The van der Waals surface area contributed by atoms with Gasteiger partial charge in [0.25, 0.3) is 5.91 Å². The van der Waals surface area contributed by atoms with E-state index in [9.17, 15) is 13.6 Å². The molecule has 1 amide bonds. The van der Waals surface area contributed by atoms with Crippen molar-refractivity contribution in [3.8, 4) is 11.4 Å². The number of carbonyl (C=O) groups is 1. The zero-order valence-electron chi connectivity index (χ0n) is 10.2. The Hall–Kier alpha value is -2.31. The maximum absolute atomic E-state index is 12.0. The van der Waals surface area contributed by atoms with Gasteiger partial charge in [-0.15, -0.1) is 0 Å². The van der Waals surface area contributed by atoms with Crippen LogP contribution >= 0.6 is 0 Å². The molecular weight excluding hydrogens is 254 g/mol. The summed E-state index contributed by atoms with van der Waals surface area (Å²) in [7, 11) is 0. The van der Waals surface area contributed by atoms with Crippen molar-refractivity contribution in [2.45, 2.75) is 19.9 Å². The summed E-state index contributed by atoms with van der Waals surface area (Å²) in [6, 6.07) is 7.04. The Morgan fingerprint density at radius 3 is 2.89 bits per heavy atom. The van der Waals surface area contributed by atoms with Crippen molar-refractivity contribution in [3.63, 3.8) is 0 Å². The van der Waals surface area contributed by atoms with Crippen molar-refractivity contribution in [3.05, 3.63) is 35.7 Å². The predicted octanol–water partition coefficient (Wildman–Crippen LogP) is 1.66. The van der Waals surface area contributed by atoms with Crippen LogP contribution in [0.25, 0.3) is 11.4 Å². The molecule has 0 atom stereocenters. The molecule has 2 aromatic rings. The smallest absolute Gasteiger partial charge is 0.315 e. The van der Waals surface area contributed by atoms with E-state index in [1.165, 1.54) is 0 Å². The van der Waals surface area contributed by atoms with Gasteiger partial charge in [0.1, 0.15) is 5.82 Å². The molecule has 5 nitrogen and oxygen atoms in total. The third kappa shape index (κ3) is 3.34. The number of hydrogen-bond acceptors (Lipinski definition) is 3. The quantitative estimate of drug-likeness (QED) is 0.884. The first-order valence-corrected chi connectivity index (χ1v) is 5.60. The van der Waals surface area contributed by atoms with Crippen molar-refractivity contribution in [1.29, 1.82) is 0 Å². The summed E-state index contributed by atoms with van der Waals surface area (Å²) in [5, 5.41) is 8.87. The Bertz CT molecular complexity index is 583. The predicted molar refractivity (Wildman–Crippen MR) is 64.4 cm³/mol. The summed E-state index contributed by atoms with van der Waals surface area (Å²) in [6.45, 7) is 1.82. The van der Waals surface area contributed by atoms with Gasteiger partial charge in [0.15, 0.2) is 5.82 Å². The van der Waals surface area contributed by atoms with E-state index in [2.05, 4.69) is 20.5 Å². The second-order valence-electron chi connectivity index (χ2n) is 3.96. The molecule has 1 aromatic carbocycles. The minimum absolute atomic E-state index is 0.0421. The number of nitrogens with zero attached hydrogens (tertiary/aromatic N) is 2. The molecule has 100 valence electrons. The highest BCUT2D eigenvalue weighted by Gasteiger charge is 2.14. The van der Waals surface area contributed by atoms with Crippen molar-refractivity contribution in [1.82, 2.24) is 20.5 Å². The highest BCUT2D eigenvalue weighted by molar-refractivity contribution is 5.79. The molecule has 0 saturated heterocycles. The summed E-state index contributed by atoms with van der Waals surface area (Å²) >= 11 is 0. The van der Waals surface area contributed by atoms with Gasteiger partial charge in [0, 0.05) is 12.1 Å². The standard InChI is InChI=1S/C12H12F2N4O/c1-7-16-11(18-17-7)9-4-2-3-8(5-9)6-15-12(19)10(13)14/h2-5,10H,6H2,1H3,(H,15,19)(H,16,17,18). The van der Waals surface area contributed by atoms with Gasteiger partial charge in [0.2, 0.25) is 0 Å². The van der Waals surface area contributed by atoms with Crippen LogP contribution < -0.4 is 5.32 Å². The average Bonchev–Trinajstić information content (AvgIpc) is 2.83. The van der Waals surface area contributed by atoms with Crippen LogP contribution in [0.2, 0.25) is 0 Å². The first-order valence-electron chi connectivity index (χ1n) is 5.60. The molecular formula is C12H12F2N4O. The lowest BCUT2D eigenvalue weighted by atomic mass is 10.1. The molecule has 7 heteroatoms. The Morgan fingerprint density at radius 2 is 2.26 bits per heavy atom. The summed E-state index contributed by atoms with van der Waals surface area (Å²) in [4.78, 5) is 15.0. The van der Waals surface area contributed by atoms with Gasteiger partial charge in [-0.3, -0.25) is 9.89 Å². The van der Waals surface area contributed by atoms with Crippen LogP contribution in [-0.2, 0) is 11.3 Å². The molecule has 2 N–H and O–H groups in total. The molecule has 2 rings (SSSR count). The molecule has 0 fully saturated rings. The number of benzene rings is 1. The minimum atomic E-state index is -3.00. The maximum Gasteiger partial charge on any atom is 0.315 e. The number of alkyl halides is 2. The molecule has 1 aromatic heterocycles. The van der Waals surface area contributed by atoms with Gasteiger partial charge in [0.05, 0.1) is 0 Å². The zero-order chi connectivity index (χ0) is 13.8. The first-order chi connectivity index (χ1) is 9.06. The van der Waals surface area contributed by atoms with Crippen LogP contribution in [0.1, 0.15) is 11.4 Å². The largest absolute Gasteiger partial charge is 0.347 e. The van der Waals surface area contributed by atoms with Crippen LogP contribution in [0.3, 0.4) is 0 Å². The summed E-state index contributed by atoms with van der Waals surface area (Å²) < 4.78 is 24.1. The van der Waals surface area contributed by atoms with Crippen molar-refractivity contribution in [2.75, 3.05) is 0 Å². The number of hydrogen-bond donors (Lipinski definition) is 2. The molecule has 0 aliphatic carbocycles. The van der Waals surface area contributed by atoms with E-state index in [0.29, 0.717) is 17.2 Å². The molecule has 0 aliphatic heterocycles. The number of rotatable bonds is 4. The molecule has 0 saturated carbocycles. The summed E-state index contributed by atoms with van der Waals surface area (Å²) in [5.41, 5.74) is 1.46. The number of carbonyl (C=O) groups excluding carboxylic acids is 1. The normalized spacial score (nSPS) is 10.7. The summed E-state index contributed by atoms with van der Waals surface area (Å²) in [5.74, 6) is -0.0647. The lowest BCUT2D eigenvalue weighted by molar-refractivity contribution is -0.131. The number of aromatic amines is 1. The third-order valence-electron chi connectivity index (χ3n) is 2.45.